The number of nitrogens with zero attached hydrogens (tertiary/aromatic N) is 3. The summed E-state index contributed by atoms with van der Waals surface area (Å²) in [4.78, 5) is 12.1. The Morgan fingerprint density at radius 3 is 3.00 bits per heavy atom. The monoisotopic (exact) mass is 322 g/mol. The number of nitrogens with one attached hydrogen (secondary N) is 1. The molecule has 6 heteroatoms. The van der Waals surface area contributed by atoms with Gasteiger partial charge in [-0.1, -0.05) is 12.1 Å². The van der Waals surface area contributed by atoms with Gasteiger partial charge in [-0.25, -0.2) is 0 Å². The maximum atomic E-state index is 12.1. The molecule has 0 unspecified atom stereocenters. The molecule has 0 fully saturated rings. The van der Waals surface area contributed by atoms with E-state index in [1.165, 1.54) is 6.08 Å². The summed E-state index contributed by atoms with van der Waals surface area (Å²) < 4.78 is 7.38. The van der Waals surface area contributed by atoms with Crippen LogP contribution in [0.15, 0.2) is 55.0 Å². The van der Waals surface area contributed by atoms with E-state index in [0.717, 1.165) is 17.0 Å². The highest BCUT2D eigenvalue weighted by Crippen LogP contribution is 2.16. The predicted molar refractivity (Wildman–Crippen MR) is 92.9 cm³/mol. The lowest BCUT2D eigenvalue weighted by atomic mass is 10.2. The molecular weight excluding hydrogens is 304 g/mol. The molecule has 0 atom stereocenters. The number of rotatable bonds is 5. The quantitative estimate of drug-likeness (QED) is 0.733. The van der Waals surface area contributed by atoms with Gasteiger partial charge in [0.1, 0.15) is 12.1 Å². The van der Waals surface area contributed by atoms with Crippen molar-refractivity contribution in [3.05, 3.63) is 60.6 Å². The first-order valence-electron chi connectivity index (χ1n) is 7.65. The number of anilines is 1. The largest absolute Gasteiger partial charge is 0.491 e. The van der Waals surface area contributed by atoms with E-state index in [-0.39, 0.29) is 12.0 Å². The highest BCUT2D eigenvalue weighted by atomic mass is 16.5. The summed E-state index contributed by atoms with van der Waals surface area (Å²) in [6.45, 7) is 3.95. The summed E-state index contributed by atoms with van der Waals surface area (Å²) in [5, 5.41) is 10.5. The van der Waals surface area contributed by atoms with Crippen LogP contribution < -0.4 is 10.1 Å². The standard InChI is InChI=1S/C18H18N4O2/c1-13(2)24-16-5-3-4-14(10-16)6-9-18(23)20-15-7-8-17-21-19-12-22(17)11-15/h3-13H,1-2H3,(H,20,23)/b9-6+. The first-order valence-corrected chi connectivity index (χ1v) is 7.65. The van der Waals surface area contributed by atoms with Crippen molar-refractivity contribution in [2.75, 3.05) is 5.32 Å². The number of pyridine rings is 1. The molecule has 2 heterocycles. The van der Waals surface area contributed by atoms with Crippen molar-refractivity contribution in [2.45, 2.75) is 20.0 Å². The van der Waals surface area contributed by atoms with Crippen molar-refractivity contribution in [1.82, 2.24) is 14.6 Å². The second-order valence-electron chi connectivity index (χ2n) is 5.58. The Morgan fingerprint density at radius 1 is 1.29 bits per heavy atom. The fraction of sp³-hybridized carbons (Fsp3) is 0.167. The van der Waals surface area contributed by atoms with E-state index in [9.17, 15) is 4.79 Å². The van der Waals surface area contributed by atoms with Gasteiger partial charge in [0, 0.05) is 12.3 Å². The lowest BCUT2D eigenvalue weighted by molar-refractivity contribution is -0.111. The van der Waals surface area contributed by atoms with Crippen LogP contribution in [0, 0.1) is 0 Å². The van der Waals surface area contributed by atoms with Crippen LogP contribution in [0.3, 0.4) is 0 Å². The van der Waals surface area contributed by atoms with Gasteiger partial charge >= 0.3 is 0 Å². The van der Waals surface area contributed by atoms with Crippen molar-refractivity contribution < 1.29 is 9.53 Å². The number of carbonyl (C=O) groups is 1. The molecule has 3 aromatic rings. The SMILES string of the molecule is CC(C)Oc1cccc(/C=C/C(=O)Nc2ccc3nncn3c2)c1. The van der Waals surface area contributed by atoms with Gasteiger partial charge in [0.15, 0.2) is 5.65 Å². The molecule has 0 aliphatic heterocycles. The molecule has 0 aliphatic rings. The van der Waals surface area contributed by atoms with E-state index in [2.05, 4.69) is 15.5 Å². The minimum Gasteiger partial charge on any atom is -0.491 e. The fourth-order valence-corrected chi connectivity index (χ4v) is 2.22. The van der Waals surface area contributed by atoms with Crippen LogP contribution in [0.4, 0.5) is 5.69 Å². The normalized spacial score (nSPS) is 11.3. The van der Waals surface area contributed by atoms with Crippen molar-refractivity contribution in [1.29, 1.82) is 0 Å². The van der Waals surface area contributed by atoms with Crippen LogP contribution in [0.1, 0.15) is 19.4 Å². The third-order valence-electron chi connectivity index (χ3n) is 3.22. The maximum Gasteiger partial charge on any atom is 0.248 e. The van der Waals surface area contributed by atoms with Crippen molar-refractivity contribution in [3.63, 3.8) is 0 Å². The molecule has 2 aromatic heterocycles. The van der Waals surface area contributed by atoms with Crippen molar-refractivity contribution in [3.8, 4) is 5.75 Å². The van der Waals surface area contributed by atoms with Crippen LogP contribution in [0.2, 0.25) is 0 Å². The van der Waals surface area contributed by atoms with E-state index in [0.29, 0.717) is 5.69 Å². The molecule has 0 saturated carbocycles. The van der Waals surface area contributed by atoms with Gasteiger partial charge in [-0.3, -0.25) is 9.20 Å². The minimum atomic E-state index is -0.211. The van der Waals surface area contributed by atoms with E-state index < -0.39 is 0 Å². The van der Waals surface area contributed by atoms with Gasteiger partial charge in [0.2, 0.25) is 5.91 Å². The van der Waals surface area contributed by atoms with Gasteiger partial charge in [-0.2, -0.15) is 0 Å². The van der Waals surface area contributed by atoms with Crippen molar-refractivity contribution in [2.24, 2.45) is 0 Å². The Morgan fingerprint density at radius 2 is 2.17 bits per heavy atom. The minimum absolute atomic E-state index is 0.111. The van der Waals surface area contributed by atoms with E-state index in [4.69, 9.17) is 4.74 Å². The topological polar surface area (TPSA) is 68.5 Å². The van der Waals surface area contributed by atoms with Crippen molar-refractivity contribution >= 4 is 23.3 Å². The van der Waals surface area contributed by atoms with E-state index in [1.54, 1.807) is 35.1 Å². The number of aromatic nitrogens is 3. The van der Waals surface area contributed by atoms with Crippen LogP contribution in [0.5, 0.6) is 5.75 Å². The molecule has 1 amide bonds. The van der Waals surface area contributed by atoms with Crippen LogP contribution in [0.25, 0.3) is 11.7 Å². The zero-order valence-corrected chi connectivity index (χ0v) is 13.5. The number of carbonyl (C=O) groups excluding carboxylic acids is 1. The van der Waals surface area contributed by atoms with Gasteiger partial charge in [0.25, 0.3) is 0 Å². The second-order valence-corrected chi connectivity index (χ2v) is 5.58. The zero-order chi connectivity index (χ0) is 16.9. The summed E-state index contributed by atoms with van der Waals surface area (Å²) in [6, 6.07) is 11.2. The number of benzene rings is 1. The average Bonchev–Trinajstić information content (AvgIpc) is 3.00. The van der Waals surface area contributed by atoms with Gasteiger partial charge < -0.3 is 10.1 Å². The van der Waals surface area contributed by atoms with E-state index >= 15 is 0 Å². The first-order chi connectivity index (χ1) is 11.6. The molecule has 122 valence electrons. The molecule has 1 aromatic carbocycles. The van der Waals surface area contributed by atoms with Gasteiger partial charge in [0.05, 0.1) is 11.8 Å². The molecule has 1 N–H and O–H groups in total. The summed E-state index contributed by atoms with van der Waals surface area (Å²) >= 11 is 0. The first kappa shape index (κ1) is 15.7. The number of hydrogen-bond acceptors (Lipinski definition) is 4. The van der Waals surface area contributed by atoms with Gasteiger partial charge in [-0.15, -0.1) is 10.2 Å². The molecule has 3 rings (SSSR count). The molecule has 0 aliphatic carbocycles. The Bertz CT molecular complexity index is 883. The lowest BCUT2D eigenvalue weighted by Gasteiger charge is -2.09. The summed E-state index contributed by atoms with van der Waals surface area (Å²) in [7, 11) is 0. The lowest BCUT2D eigenvalue weighted by Crippen LogP contribution is -2.08. The van der Waals surface area contributed by atoms with E-state index in [1.807, 2.05) is 38.1 Å². The number of ether oxygens (including phenoxy) is 1. The molecule has 6 nitrogen and oxygen atoms in total. The second kappa shape index (κ2) is 6.95. The summed E-state index contributed by atoms with van der Waals surface area (Å²) in [5.74, 6) is 0.572. The molecule has 24 heavy (non-hydrogen) atoms. The Labute approximate surface area is 139 Å². The Balaban J connectivity index is 1.66. The highest BCUT2D eigenvalue weighted by molar-refractivity contribution is 6.01. The molecule has 0 bridgehead atoms. The zero-order valence-electron chi connectivity index (χ0n) is 13.5. The van der Waals surface area contributed by atoms with Gasteiger partial charge in [-0.05, 0) is 49.8 Å². The van der Waals surface area contributed by atoms with Crippen LogP contribution in [-0.2, 0) is 4.79 Å². The maximum absolute atomic E-state index is 12.1. The Hall–Kier alpha value is -3.15. The highest BCUT2D eigenvalue weighted by Gasteiger charge is 2.01. The Kier molecular flexibility index (Phi) is 4.56. The molecule has 0 radical (unpaired) electrons. The van der Waals surface area contributed by atoms with Crippen LogP contribution in [-0.4, -0.2) is 26.6 Å². The summed E-state index contributed by atoms with van der Waals surface area (Å²) in [6.07, 6.45) is 6.70. The predicted octanol–water partition coefficient (Wildman–Crippen LogP) is 3.17. The molecular formula is C18H18N4O2. The fourth-order valence-electron chi connectivity index (χ4n) is 2.22. The summed E-state index contributed by atoms with van der Waals surface area (Å²) in [5.41, 5.74) is 2.30. The smallest absolute Gasteiger partial charge is 0.248 e. The molecule has 0 saturated heterocycles. The third-order valence-corrected chi connectivity index (χ3v) is 3.22. The molecule has 0 spiro atoms. The number of fused-ring (bicyclic) bond motifs is 1. The number of hydrogen-bond donors (Lipinski definition) is 1. The number of amides is 1. The average molecular weight is 322 g/mol. The van der Waals surface area contributed by atoms with Crippen LogP contribution >= 0.6 is 0 Å². The third kappa shape index (κ3) is 3.98.